The topological polar surface area (TPSA) is 28.2 Å². The van der Waals surface area contributed by atoms with Crippen molar-refractivity contribution in [3.63, 3.8) is 0 Å². The number of nitrogens with zero attached hydrogens (tertiary/aromatic N) is 2. The molecule has 1 N–H and O–H groups in total. The molecule has 2 aliphatic rings. The van der Waals surface area contributed by atoms with Crippen molar-refractivity contribution in [3.8, 4) is 0 Å². The zero-order chi connectivity index (χ0) is 12.7. The lowest BCUT2D eigenvalue weighted by molar-refractivity contribution is 0.255. The highest BCUT2D eigenvalue weighted by Crippen LogP contribution is 2.31. The lowest BCUT2D eigenvalue weighted by atomic mass is 9.94. The van der Waals surface area contributed by atoms with Crippen molar-refractivity contribution in [3.05, 3.63) is 36.5 Å². The Morgan fingerprint density at radius 2 is 2.00 bits per heavy atom. The first kappa shape index (κ1) is 11.2. The monoisotopic (exact) mass is 253 g/mol. The van der Waals surface area contributed by atoms with Gasteiger partial charge in [0.1, 0.15) is 0 Å². The molecule has 2 bridgehead atoms. The maximum atomic E-state index is 4.54. The van der Waals surface area contributed by atoms with E-state index in [2.05, 4.69) is 39.5 Å². The van der Waals surface area contributed by atoms with Gasteiger partial charge < -0.3 is 10.2 Å². The third-order valence-corrected chi connectivity index (χ3v) is 4.61. The van der Waals surface area contributed by atoms with Crippen molar-refractivity contribution in [2.45, 2.75) is 18.9 Å². The van der Waals surface area contributed by atoms with E-state index in [0.717, 1.165) is 11.4 Å². The van der Waals surface area contributed by atoms with Crippen LogP contribution < -0.4 is 5.32 Å². The summed E-state index contributed by atoms with van der Waals surface area (Å²) in [5.41, 5.74) is 2.30. The summed E-state index contributed by atoms with van der Waals surface area (Å²) in [6.07, 6.45) is 4.48. The molecule has 3 atom stereocenters. The molecule has 2 fully saturated rings. The molecule has 3 heteroatoms. The van der Waals surface area contributed by atoms with Crippen LogP contribution in [0.25, 0.3) is 10.9 Å². The van der Waals surface area contributed by atoms with Gasteiger partial charge in [0.2, 0.25) is 0 Å². The Morgan fingerprint density at radius 3 is 3.00 bits per heavy atom. The molecule has 3 unspecified atom stereocenters. The largest absolute Gasteiger partial charge is 0.380 e. The van der Waals surface area contributed by atoms with Gasteiger partial charge in [-0.25, -0.2) is 0 Å². The van der Waals surface area contributed by atoms with Crippen LogP contribution in [0.2, 0.25) is 0 Å². The fourth-order valence-corrected chi connectivity index (χ4v) is 3.56. The molecule has 0 aliphatic carbocycles. The average Bonchev–Trinajstić information content (AvgIpc) is 2.85. The van der Waals surface area contributed by atoms with Crippen LogP contribution in [0.15, 0.2) is 36.5 Å². The van der Waals surface area contributed by atoms with Gasteiger partial charge in [-0.05, 0) is 37.4 Å². The molecule has 2 saturated heterocycles. The Balaban J connectivity index is 1.64. The number of nitrogens with one attached hydrogen (secondary N) is 1. The molecule has 0 amide bonds. The number of hydrogen-bond donors (Lipinski definition) is 1. The van der Waals surface area contributed by atoms with Gasteiger partial charge >= 0.3 is 0 Å². The second-order valence-corrected chi connectivity index (χ2v) is 5.77. The zero-order valence-corrected chi connectivity index (χ0v) is 11.0. The van der Waals surface area contributed by atoms with Crippen LogP contribution in [-0.2, 0) is 0 Å². The van der Waals surface area contributed by atoms with E-state index in [-0.39, 0.29) is 0 Å². The summed E-state index contributed by atoms with van der Waals surface area (Å²) in [6.45, 7) is 3.80. The average molecular weight is 253 g/mol. The quantitative estimate of drug-likeness (QED) is 0.892. The first-order valence-electron chi connectivity index (χ1n) is 7.23. The molecular weight excluding hydrogens is 234 g/mol. The SMILES string of the molecule is c1cnc2c(NC3CCN4CCC3C4)cccc2c1. The van der Waals surface area contributed by atoms with Crippen molar-refractivity contribution in [2.24, 2.45) is 5.92 Å². The van der Waals surface area contributed by atoms with Gasteiger partial charge in [-0.2, -0.15) is 0 Å². The lowest BCUT2D eigenvalue weighted by Crippen LogP contribution is -2.39. The Hall–Kier alpha value is -1.61. The van der Waals surface area contributed by atoms with E-state index in [4.69, 9.17) is 0 Å². The molecule has 2 aliphatic heterocycles. The summed E-state index contributed by atoms with van der Waals surface area (Å²) < 4.78 is 0. The normalized spacial score (nSPS) is 29.6. The summed E-state index contributed by atoms with van der Waals surface area (Å²) in [4.78, 5) is 7.12. The Labute approximate surface area is 113 Å². The molecule has 2 aromatic rings. The molecule has 1 aromatic carbocycles. The number of aromatic nitrogens is 1. The minimum atomic E-state index is 0.617. The minimum absolute atomic E-state index is 0.617. The van der Waals surface area contributed by atoms with Crippen LogP contribution in [0.1, 0.15) is 12.8 Å². The van der Waals surface area contributed by atoms with Crippen LogP contribution >= 0.6 is 0 Å². The zero-order valence-electron chi connectivity index (χ0n) is 11.0. The van der Waals surface area contributed by atoms with Gasteiger partial charge in [-0.3, -0.25) is 4.98 Å². The van der Waals surface area contributed by atoms with E-state index < -0.39 is 0 Å². The van der Waals surface area contributed by atoms with E-state index in [1.165, 1.54) is 43.5 Å². The number of rotatable bonds is 2. The van der Waals surface area contributed by atoms with Crippen molar-refractivity contribution < 1.29 is 0 Å². The summed E-state index contributed by atoms with van der Waals surface area (Å²) in [5, 5.41) is 4.98. The summed E-state index contributed by atoms with van der Waals surface area (Å²) >= 11 is 0. The standard InChI is InChI=1S/C16H19N3/c1-3-12-4-2-8-17-16(12)15(5-1)18-14-7-10-19-9-6-13(14)11-19/h1-5,8,13-14,18H,6-7,9-11H2. The van der Waals surface area contributed by atoms with Crippen molar-refractivity contribution in [2.75, 3.05) is 25.0 Å². The molecule has 0 spiro atoms. The van der Waals surface area contributed by atoms with E-state index >= 15 is 0 Å². The summed E-state index contributed by atoms with van der Waals surface area (Å²) in [6, 6.07) is 11.2. The fourth-order valence-electron chi connectivity index (χ4n) is 3.56. The predicted octanol–water partition coefficient (Wildman–Crippen LogP) is 2.74. The highest BCUT2D eigenvalue weighted by molar-refractivity contribution is 5.90. The Kier molecular flexibility index (Phi) is 2.66. The van der Waals surface area contributed by atoms with Gasteiger partial charge in [-0.15, -0.1) is 0 Å². The smallest absolute Gasteiger partial charge is 0.0933 e. The fraction of sp³-hybridized carbons (Fsp3) is 0.438. The van der Waals surface area contributed by atoms with Gasteiger partial charge in [0.15, 0.2) is 0 Å². The van der Waals surface area contributed by atoms with Crippen LogP contribution in [-0.4, -0.2) is 35.6 Å². The van der Waals surface area contributed by atoms with E-state index in [1.54, 1.807) is 0 Å². The van der Waals surface area contributed by atoms with Crippen LogP contribution in [0, 0.1) is 5.92 Å². The van der Waals surface area contributed by atoms with Crippen LogP contribution in [0.5, 0.6) is 0 Å². The van der Waals surface area contributed by atoms with Crippen molar-refractivity contribution in [1.82, 2.24) is 9.88 Å². The molecule has 98 valence electrons. The second kappa shape index (κ2) is 4.49. The number of anilines is 1. The molecule has 3 nitrogen and oxygen atoms in total. The first-order valence-corrected chi connectivity index (χ1v) is 7.23. The number of pyridine rings is 1. The molecule has 19 heavy (non-hydrogen) atoms. The second-order valence-electron chi connectivity index (χ2n) is 5.77. The van der Waals surface area contributed by atoms with E-state index in [9.17, 15) is 0 Å². The number of piperidine rings is 1. The maximum Gasteiger partial charge on any atom is 0.0933 e. The number of benzene rings is 1. The first-order chi connectivity index (χ1) is 9.40. The van der Waals surface area contributed by atoms with Gasteiger partial charge in [0.05, 0.1) is 11.2 Å². The molecule has 1 aromatic heterocycles. The lowest BCUT2D eigenvalue weighted by Gasteiger charge is -2.31. The third kappa shape index (κ3) is 1.98. The molecule has 0 saturated carbocycles. The van der Waals surface area contributed by atoms with Gasteiger partial charge in [-0.1, -0.05) is 18.2 Å². The van der Waals surface area contributed by atoms with Crippen molar-refractivity contribution >= 4 is 16.6 Å². The highest BCUT2D eigenvalue weighted by atomic mass is 15.2. The van der Waals surface area contributed by atoms with Gasteiger partial charge in [0.25, 0.3) is 0 Å². The highest BCUT2D eigenvalue weighted by Gasteiger charge is 2.34. The Morgan fingerprint density at radius 1 is 1.11 bits per heavy atom. The molecule has 4 rings (SSSR count). The maximum absolute atomic E-state index is 4.54. The third-order valence-electron chi connectivity index (χ3n) is 4.61. The number of hydrogen-bond acceptors (Lipinski definition) is 3. The predicted molar refractivity (Wildman–Crippen MR) is 78.3 cm³/mol. The molecule has 3 heterocycles. The van der Waals surface area contributed by atoms with E-state index in [1.807, 2.05) is 12.3 Å². The van der Waals surface area contributed by atoms with Crippen molar-refractivity contribution in [1.29, 1.82) is 0 Å². The number of fused-ring (bicyclic) bond motifs is 3. The minimum Gasteiger partial charge on any atom is -0.380 e. The van der Waals surface area contributed by atoms with Crippen LogP contribution in [0.4, 0.5) is 5.69 Å². The van der Waals surface area contributed by atoms with E-state index in [0.29, 0.717) is 6.04 Å². The van der Waals surface area contributed by atoms with Gasteiger partial charge in [0, 0.05) is 30.7 Å². The van der Waals surface area contributed by atoms with Crippen LogP contribution in [0.3, 0.4) is 0 Å². The number of para-hydroxylation sites is 1. The summed E-state index contributed by atoms with van der Waals surface area (Å²) in [5.74, 6) is 0.813. The summed E-state index contributed by atoms with van der Waals surface area (Å²) in [7, 11) is 0. The molecular formula is C16H19N3. The molecule has 0 radical (unpaired) electrons. The Bertz CT molecular complexity index is 590.